The smallest absolute Gasteiger partial charge is 0.0999 e. The molecule has 0 N–H and O–H groups in total. The van der Waals surface area contributed by atoms with Crippen molar-refractivity contribution in [1.29, 1.82) is 10.5 Å². The Labute approximate surface area is 185 Å². The van der Waals surface area contributed by atoms with Crippen molar-refractivity contribution in [1.82, 2.24) is 24.4 Å². The maximum Gasteiger partial charge on any atom is 0.0999 e. The SMILES string of the molecule is N#CCCn1cc(-c2ccc(-c3cnn4ccnc(C5=CCC(C#N)CC5)c34)cc2)cn1. The van der Waals surface area contributed by atoms with Crippen LogP contribution in [0, 0.1) is 28.6 Å². The molecule has 0 aliphatic heterocycles. The zero-order valence-corrected chi connectivity index (χ0v) is 17.5. The lowest BCUT2D eigenvalue weighted by atomic mass is 9.88. The van der Waals surface area contributed by atoms with Gasteiger partial charge in [0.15, 0.2) is 0 Å². The Morgan fingerprint density at radius 3 is 2.62 bits per heavy atom. The van der Waals surface area contributed by atoms with Gasteiger partial charge in [0.25, 0.3) is 0 Å². The predicted molar refractivity (Wildman–Crippen MR) is 121 cm³/mol. The number of allylic oxidation sites excluding steroid dienone is 2. The Kier molecular flexibility index (Phi) is 5.23. The number of rotatable bonds is 5. The Hall–Kier alpha value is -4.23. The van der Waals surface area contributed by atoms with Gasteiger partial charge in [-0.25, -0.2) is 4.52 Å². The first-order chi connectivity index (χ1) is 15.8. The van der Waals surface area contributed by atoms with Gasteiger partial charge in [-0.2, -0.15) is 20.7 Å². The number of aromatic nitrogens is 5. The summed E-state index contributed by atoms with van der Waals surface area (Å²) in [6, 6.07) is 12.9. The zero-order valence-electron chi connectivity index (χ0n) is 17.5. The summed E-state index contributed by atoms with van der Waals surface area (Å²) in [5.41, 5.74) is 7.32. The standard InChI is InChI=1S/C25H21N7/c26-10-1-12-31-17-22(15-29-31)19-6-8-20(9-7-19)23-16-30-32-13-11-28-24(25(23)32)21-4-2-18(14-27)3-5-21/h4,6-9,11,13,15-18H,1-3,5,12H2. The highest BCUT2D eigenvalue weighted by Gasteiger charge is 2.20. The molecule has 0 fully saturated rings. The Bertz CT molecular complexity index is 1380. The van der Waals surface area contributed by atoms with E-state index in [-0.39, 0.29) is 5.92 Å². The summed E-state index contributed by atoms with van der Waals surface area (Å²) < 4.78 is 3.67. The van der Waals surface area contributed by atoms with Crippen molar-refractivity contribution in [3.8, 4) is 34.4 Å². The van der Waals surface area contributed by atoms with Crippen molar-refractivity contribution in [2.24, 2.45) is 5.92 Å². The van der Waals surface area contributed by atoms with Crippen LogP contribution in [-0.2, 0) is 6.54 Å². The molecule has 1 aliphatic rings. The molecule has 7 nitrogen and oxygen atoms in total. The number of nitrogens with zero attached hydrogens (tertiary/aromatic N) is 7. The van der Waals surface area contributed by atoms with Crippen LogP contribution in [0.25, 0.3) is 33.3 Å². The molecule has 3 aromatic heterocycles. The van der Waals surface area contributed by atoms with Gasteiger partial charge in [0.2, 0.25) is 0 Å². The lowest BCUT2D eigenvalue weighted by Crippen LogP contribution is -2.05. The molecule has 1 aliphatic carbocycles. The maximum absolute atomic E-state index is 9.20. The van der Waals surface area contributed by atoms with Gasteiger partial charge in [-0.15, -0.1) is 0 Å². The molecule has 32 heavy (non-hydrogen) atoms. The second kappa shape index (κ2) is 8.49. The van der Waals surface area contributed by atoms with Crippen LogP contribution in [0.4, 0.5) is 0 Å². The maximum atomic E-state index is 9.20. The molecule has 7 heteroatoms. The first-order valence-electron chi connectivity index (χ1n) is 10.7. The van der Waals surface area contributed by atoms with E-state index in [1.54, 1.807) is 10.9 Å². The molecule has 0 bridgehead atoms. The van der Waals surface area contributed by atoms with Gasteiger partial charge < -0.3 is 0 Å². The van der Waals surface area contributed by atoms with Crippen LogP contribution in [0.3, 0.4) is 0 Å². The largest absolute Gasteiger partial charge is 0.271 e. The predicted octanol–water partition coefficient (Wildman–Crippen LogP) is 4.88. The van der Waals surface area contributed by atoms with Crippen molar-refractivity contribution in [2.75, 3.05) is 0 Å². The second-order valence-electron chi connectivity index (χ2n) is 7.93. The first-order valence-corrected chi connectivity index (χ1v) is 10.7. The number of nitriles is 2. The van der Waals surface area contributed by atoms with Crippen molar-refractivity contribution in [2.45, 2.75) is 32.2 Å². The molecule has 1 unspecified atom stereocenters. The molecule has 3 heterocycles. The fourth-order valence-corrected chi connectivity index (χ4v) is 4.20. The van der Waals surface area contributed by atoms with E-state index in [0.717, 1.165) is 52.7 Å². The first kappa shape index (κ1) is 19.7. The monoisotopic (exact) mass is 419 g/mol. The molecule has 0 saturated carbocycles. The van der Waals surface area contributed by atoms with E-state index < -0.39 is 0 Å². The van der Waals surface area contributed by atoms with Crippen LogP contribution in [0.1, 0.15) is 31.4 Å². The third-order valence-corrected chi connectivity index (χ3v) is 5.94. The van der Waals surface area contributed by atoms with Crippen molar-refractivity contribution in [3.05, 3.63) is 67.0 Å². The summed E-state index contributed by atoms with van der Waals surface area (Å²) in [5.74, 6) is 0.0969. The van der Waals surface area contributed by atoms with Gasteiger partial charge in [0.05, 0.1) is 54.6 Å². The number of fused-ring (bicyclic) bond motifs is 1. The van der Waals surface area contributed by atoms with Gasteiger partial charge in [-0.1, -0.05) is 30.3 Å². The average Bonchev–Trinajstić information content (AvgIpc) is 3.50. The fraction of sp³-hybridized carbons (Fsp3) is 0.240. The highest BCUT2D eigenvalue weighted by molar-refractivity contribution is 5.89. The Morgan fingerprint density at radius 2 is 1.88 bits per heavy atom. The molecule has 0 radical (unpaired) electrons. The van der Waals surface area contributed by atoms with Crippen molar-refractivity contribution in [3.63, 3.8) is 0 Å². The quantitative estimate of drug-likeness (QED) is 0.459. The van der Waals surface area contributed by atoms with Crippen LogP contribution >= 0.6 is 0 Å². The summed E-state index contributed by atoms with van der Waals surface area (Å²) in [6.45, 7) is 0.595. The van der Waals surface area contributed by atoms with Gasteiger partial charge >= 0.3 is 0 Å². The molecule has 1 aromatic carbocycles. The van der Waals surface area contributed by atoms with Crippen LogP contribution in [0.2, 0.25) is 0 Å². The summed E-state index contributed by atoms with van der Waals surface area (Å²) in [7, 11) is 0. The minimum Gasteiger partial charge on any atom is -0.271 e. The van der Waals surface area contributed by atoms with Crippen LogP contribution in [-0.4, -0.2) is 24.4 Å². The highest BCUT2D eigenvalue weighted by atomic mass is 15.3. The number of aryl methyl sites for hydroxylation is 1. The number of hydrogen-bond acceptors (Lipinski definition) is 5. The van der Waals surface area contributed by atoms with E-state index in [1.165, 1.54) is 5.57 Å². The minimum atomic E-state index is 0.0969. The molecule has 5 rings (SSSR count). The van der Waals surface area contributed by atoms with Crippen LogP contribution < -0.4 is 0 Å². The molecule has 0 saturated heterocycles. The molecule has 0 spiro atoms. The normalized spacial score (nSPS) is 15.8. The summed E-state index contributed by atoms with van der Waals surface area (Å²) in [6.07, 6.45) is 14.4. The van der Waals surface area contributed by atoms with Crippen molar-refractivity contribution >= 4 is 11.1 Å². The van der Waals surface area contributed by atoms with E-state index in [1.807, 2.05) is 29.3 Å². The van der Waals surface area contributed by atoms with Crippen LogP contribution in [0.15, 0.2) is 61.3 Å². The Balaban J connectivity index is 1.48. The third kappa shape index (κ3) is 3.66. The van der Waals surface area contributed by atoms with E-state index in [9.17, 15) is 5.26 Å². The number of benzene rings is 1. The fourth-order valence-electron chi connectivity index (χ4n) is 4.20. The Morgan fingerprint density at radius 1 is 1.03 bits per heavy atom. The highest BCUT2D eigenvalue weighted by Crippen LogP contribution is 2.35. The molecule has 0 amide bonds. The van der Waals surface area contributed by atoms with Gasteiger partial charge in [0, 0.05) is 29.7 Å². The summed E-state index contributed by atoms with van der Waals surface area (Å²) in [5, 5.41) is 26.8. The average molecular weight is 419 g/mol. The third-order valence-electron chi connectivity index (χ3n) is 5.94. The van der Waals surface area contributed by atoms with E-state index in [4.69, 9.17) is 5.26 Å². The van der Waals surface area contributed by atoms with Gasteiger partial charge in [-0.3, -0.25) is 9.67 Å². The second-order valence-corrected chi connectivity index (χ2v) is 7.93. The zero-order chi connectivity index (χ0) is 21.9. The number of hydrogen-bond donors (Lipinski definition) is 0. The van der Waals surface area contributed by atoms with Gasteiger partial charge in [0.1, 0.15) is 0 Å². The van der Waals surface area contributed by atoms with E-state index in [2.05, 4.69) is 57.7 Å². The molecule has 156 valence electrons. The molecule has 1 atom stereocenters. The molecular weight excluding hydrogens is 398 g/mol. The van der Waals surface area contributed by atoms with Crippen molar-refractivity contribution < 1.29 is 0 Å². The van der Waals surface area contributed by atoms with E-state index >= 15 is 0 Å². The van der Waals surface area contributed by atoms with Crippen LogP contribution in [0.5, 0.6) is 0 Å². The topological polar surface area (TPSA) is 95.6 Å². The molecular formula is C25H21N7. The molecule has 4 aromatic rings. The lowest BCUT2D eigenvalue weighted by Gasteiger charge is -2.17. The summed E-state index contributed by atoms with van der Waals surface area (Å²) >= 11 is 0. The lowest BCUT2D eigenvalue weighted by molar-refractivity contribution is 0.603. The van der Waals surface area contributed by atoms with Gasteiger partial charge in [-0.05, 0) is 36.0 Å². The minimum absolute atomic E-state index is 0.0969. The summed E-state index contributed by atoms with van der Waals surface area (Å²) in [4.78, 5) is 4.69. The van der Waals surface area contributed by atoms with E-state index in [0.29, 0.717) is 13.0 Å².